The van der Waals surface area contributed by atoms with Crippen molar-refractivity contribution in [2.24, 2.45) is 0 Å². The third kappa shape index (κ3) is 2.93. The van der Waals surface area contributed by atoms with Crippen molar-refractivity contribution in [2.75, 3.05) is 13.7 Å². The number of hydrogen-bond acceptors (Lipinski definition) is 3. The molecule has 0 fully saturated rings. The molecule has 0 spiro atoms. The first-order valence-electron chi connectivity index (χ1n) is 9.35. The number of hydrogen-bond donors (Lipinski definition) is 0. The first-order chi connectivity index (χ1) is 13.6. The van der Waals surface area contributed by atoms with Crippen LogP contribution < -0.4 is 0 Å². The van der Waals surface area contributed by atoms with Gasteiger partial charge in [-0.2, -0.15) is 0 Å². The molecular formula is C23H22ClNO3. The molecule has 1 atom stereocenters. The number of fused-ring (bicyclic) bond motifs is 3. The van der Waals surface area contributed by atoms with Gasteiger partial charge in [-0.05, 0) is 30.7 Å². The Bertz CT molecular complexity index is 1050. The van der Waals surface area contributed by atoms with E-state index in [1.54, 1.807) is 0 Å². The van der Waals surface area contributed by atoms with Gasteiger partial charge in [0.2, 0.25) is 5.60 Å². The van der Waals surface area contributed by atoms with Crippen LogP contribution in [0.5, 0.6) is 0 Å². The standard InChI is InChI=1S/C23H22ClNO3/c1-3-28-23(22(26)27-2)13-7-10-18-19-14-17(24)11-12-20(19)25(21(18)23)15-16-8-5-4-6-9-16/h4-12,14H,3,13,15H2,1-2H3. The first-order valence-corrected chi connectivity index (χ1v) is 9.73. The fourth-order valence-corrected chi connectivity index (χ4v) is 4.28. The summed E-state index contributed by atoms with van der Waals surface area (Å²) in [6, 6.07) is 16.0. The van der Waals surface area contributed by atoms with Gasteiger partial charge in [0.25, 0.3) is 0 Å². The topological polar surface area (TPSA) is 40.5 Å². The van der Waals surface area contributed by atoms with Crippen molar-refractivity contribution < 1.29 is 14.3 Å². The number of carbonyl (C=O) groups is 1. The lowest BCUT2D eigenvalue weighted by molar-refractivity contribution is -0.171. The average Bonchev–Trinajstić information content (AvgIpc) is 3.02. The smallest absolute Gasteiger partial charge is 0.344 e. The zero-order chi connectivity index (χ0) is 19.7. The highest BCUT2D eigenvalue weighted by molar-refractivity contribution is 6.31. The lowest BCUT2D eigenvalue weighted by Crippen LogP contribution is -2.43. The Morgan fingerprint density at radius 1 is 1.21 bits per heavy atom. The third-order valence-electron chi connectivity index (χ3n) is 5.23. The van der Waals surface area contributed by atoms with Crippen molar-refractivity contribution >= 4 is 34.5 Å². The molecule has 0 saturated carbocycles. The Morgan fingerprint density at radius 2 is 2.00 bits per heavy atom. The molecule has 0 bridgehead atoms. The molecule has 3 aromatic rings. The summed E-state index contributed by atoms with van der Waals surface area (Å²) in [4.78, 5) is 13.0. The van der Waals surface area contributed by atoms with Gasteiger partial charge in [0.1, 0.15) is 0 Å². The van der Waals surface area contributed by atoms with E-state index in [2.05, 4.69) is 22.8 Å². The van der Waals surface area contributed by atoms with E-state index in [1.807, 2.05) is 49.4 Å². The van der Waals surface area contributed by atoms with Crippen molar-refractivity contribution in [1.29, 1.82) is 0 Å². The van der Waals surface area contributed by atoms with Gasteiger partial charge < -0.3 is 14.0 Å². The van der Waals surface area contributed by atoms with E-state index >= 15 is 0 Å². The maximum Gasteiger partial charge on any atom is 0.344 e. The Morgan fingerprint density at radius 3 is 2.71 bits per heavy atom. The molecule has 28 heavy (non-hydrogen) atoms. The molecule has 0 aliphatic heterocycles. The predicted octanol–water partition coefficient (Wildman–Crippen LogP) is 5.16. The van der Waals surface area contributed by atoms with Crippen LogP contribution >= 0.6 is 11.6 Å². The molecule has 1 heterocycles. The fourth-order valence-electron chi connectivity index (χ4n) is 4.10. The molecule has 144 valence electrons. The largest absolute Gasteiger partial charge is 0.467 e. The van der Waals surface area contributed by atoms with Gasteiger partial charge in [-0.3, -0.25) is 0 Å². The van der Waals surface area contributed by atoms with E-state index in [9.17, 15) is 4.79 Å². The van der Waals surface area contributed by atoms with Gasteiger partial charge in [0, 0.05) is 41.1 Å². The second-order valence-electron chi connectivity index (χ2n) is 6.85. The van der Waals surface area contributed by atoms with Gasteiger partial charge in [-0.25, -0.2) is 4.79 Å². The lowest BCUT2D eigenvalue weighted by atomic mass is 9.86. The summed E-state index contributed by atoms with van der Waals surface area (Å²) in [5.74, 6) is -0.386. The van der Waals surface area contributed by atoms with Gasteiger partial charge in [-0.1, -0.05) is 54.1 Å². The highest BCUT2D eigenvalue weighted by Gasteiger charge is 2.47. The highest BCUT2D eigenvalue weighted by atomic mass is 35.5. The zero-order valence-electron chi connectivity index (χ0n) is 15.9. The molecule has 0 radical (unpaired) electrons. The second-order valence-corrected chi connectivity index (χ2v) is 7.29. The minimum Gasteiger partial charge on any atom is -0.467 e. The summed E-state index contributed by atoms with van der Waals surface area (Å²) in [5, 5.41) is 1.66. The van der Waals surface area contributed by atoms with Crippen molar-refractivity contribution in [3.05, 3.63) is 76.5 Å². The summed E-state index contributed by atoms with van der Waals surface area (Å²) < 4.78 is 13.5. The molecule has 5 heteroatoms. The number of nitrogens with zero attached hydrogens (tertiary/aromatic N) is 1. The normalized spacial score (nSPS) is 18.2. The Hall–Kier alpha value is -2.56. The predicted molar refractivity (Wildman–Crippen MR) is 111 cm³/mol. The maximum atomic E-state index is 13.0. The van der Waals surface area contributed by atoms with Crippen LogP contribution in [0.15, 0.2) is 54.6 Å². The van der Waals surface area contributed by atoms with Crippen LogP contribution in [0.25, 0.3) is 17.0 Å². The quantitative estimate of drug-likeness (QED) is 0.560. The Balaban J connectivity index is 2.03. The molecule has 2 aromatic carbocycles. The molecule has 1 aliphatic carbocycles. The zero-order valence-corrected chi connectivity index (χ0v) is 16.7. The second kappa shape index (κ2) is 7.46. The van der Waals surface area contributed by atoms with Crippen LogP contribution in [-0.2, 0) is 26.4 Å². The van der Waals surface area contributed by atoms with E-state index < -0.39 is 5.60 Å². The van der Waals surface area contributed by atoms with Crippen LogP contribution in [0, 0.1) is 0 Å². The molecule has 1 aromatic heterocycles. The van der Waals surface area contributed by atoms with Gasteiger partial charge >= 0.3 is 5.97 Å². The van der Waals surface area contributed by atoms with Crippen molar-refractivity contribution in [3.63, 3.8) is 0 Å². The number of rotatable bonds is 5. The number of methoxy groups -OCH3 is 1. The molecule has 1 unspecified atom stereocenters. The van der Waals surface area contributed by atoms with E-state index in [4.69, 9.17) is 21.1 Å². The highest BCUT2D eigenvalue weighted by Crippen LogP contribution is 2.44. The number of ether oxygens (including phenoxy) is 2. The number of aromatic nitrogens is 1. The van der Waals surface area contributed by atoms with Crippen LogP contribution in [-0.4, -0.2) is 24.3 Å². The Labute approximate surface area is 169 Å². The summed E-state index contributed by atoms with van der Waals surface area (Å²) in [6.07, 6.45) is 4.46. The third-order valence-corrected chi connectivity index (χ3v) is 5.46. The van der Waals surface area contributed by atoms with Crippen LogP contribution in [0.2, 0.25) is 5.02 Å². The van der Waals surface area contributed by atoms with Gasteiger partial charge in [0.15, 0.2) is 0 Å². The number of esters is 1. The number of carbonyl (C=O) groups excluding carboxylic acids is 1. The SMILES string of the molecule is CCOC1(C(=O)OC)CC=Cc2c1n(Cc1ccccc1)c1ccc(Cl)cc21. The van der Waals surface area contributed by atoms with Crippen molar-refractivity contribution in [2.45, 2.75) is 25.5 Å². The lowest BCUT2D eigenvalue weighted by Gasteiger charge is -2.34. The van der Waals surface area contributed by atoms with Gasteiger partial charge in [0.05, 0.1) is 12.8 Å². The molecule has 1 aliphatic rings. The van der Waals surface area contributed by atoms with E-state index in [-0.39, 0.29) is 5.97 Å². The van der Waals surface area contributed by atoms with Gasteiger partial charge in [-0.15, -0.1) is 0 Å². The summed E-state index contributed by atoms with van der Waals surface area (Å²) in [6.45, 7) is 2.91. The molecule has 4 rings (SSSR count). The summed E-state index contributed by atoms with van der Waals surface area (Å²) in [7, 11) is 1.40. The summed E-state index contributed by atoms with van der Waals surface area (Å²) in [5.41, 5.74) is 2.76. The summed E-state index contributed by atoms with van der Waals surface area (Å²) >= 11 is 6.30. The van der Waals surface area contributed by atoms with Crippen LogP contribution in [0.4, 0.5) is 0 Å². The van der Waals surface area contributed by atoms with Crippen molar-refractivity contribution in [3.8, 4) is 0 Å². The molecule has 0 N–H and O–H groups in total. The van der Waals surface area contributed by atoms with E-state index in [0.717, 1.165) is 27.7 Å². The van der Waals surface area contributed by atoms with Crippen LogP contribution in [0.1, 0.15) is 30.2 Å². The molecule has 0 saturated heterocycles. The maximum absolute atomic E-state index is 13.0. The monoisotopic (exact) mass is 395 g/mol. The van der Waals surface area contributed by atoms with Crippen LogP contribution in [0.3, 0.4) is 0 Å². The number of benzene rings is 2. The average molecular weight is 396 g/mol. The van der Waals surface area contributed by atoms with Crippen molar-refractivity contribution in [1.82, 2.24) is 4.57 Å². The molecule has 0 amide bonds. The minimum absolute atomic E-state index is 0.386. The Kier molecular flexibility index (Phi) is 5.00. The minimum atomic E-state index is -1.17. The molecule has 4 nitrogen and oxygen atoms in total. The molecular weight excluding hydrogens is 374 g/mol. The number of halogens is 1. The van der Waals surface area contributed by atoms with E-state index in [0.29, 0.717) is 24.6 Å². The fraction of sp³-hybridized carbons (Fsp3) is 0.261. The first kappa shape index (κ1) is 18.8. The van der Waals surface area contributed by atoms with E-state index in [1.165, 1.54) is 7.11 Å².